The number of aliphatic hydroxyl groups is 4. The fourth-order valence-corrected chi connectivity index (χ4v) is 5.35. The van der Waals surface area contributed by atoms with E-state index in [-0.39, 0.29) is 48.9 Å². The van der Waals surface area contributed by atoms with Gasteiger partial charge < -0.3 is 59.8 Å². The van der Waals surface area contributed by atoms with Gasteiger partial charge in [-0.25, -0.2) is 4.79 Å². The predicted octanol–water partition coefficient (Wildman–Crippen LogP) is 0.677. The van der Waals surface area contributed by atoms with Crippen LogP contribution >= 0.6 is 0 Å². The van der Waals surface area contributed by atoms with Crippen LogP contribution in [0.25, 0.3) is 6.08 Å². The summed E-state index contributed by atoms with van der Waals surface area (Å²) in [6.45, 7) is 1.13. The Morgan fingerprint density at radius 3 is 2.30 bits per heavy atom. The Kier molecular flexibility index (Phi) is 10.8. The van der Waals surface area contributed by atoms with Crippen molar-refractivity contribution in [3.8, 4) is 23.0 Å². The van der Waals surface area contributed by atoms with Crippen LogP contribution in [0.15, 0.2) is 42.5 Å². The molecule has 2 aromatic carbocycles. The maximum atomic E-state index is 12.8. The average Bonchev–Trinajstić information content (AvgIpc) is 2.96. The zero-order valence-electron chi connectivity index (χ0n) is 23.5. The Bertz CT molecular complexity index is 1270. The van der Waals surface area contributed by atoms with Gasteiger partial charge in [-0.05, 0) is 61.2 Å². The van der Waals surface area contributed by atoms with Crippen molar-refractivity contribution in [2.75, 3.05) is 13.2 Å². The smallest absolute Gasteiger partial charge is 0.331 e. The van der Waals surface area contributed by atoms with Crippen molar-refractivity contribution in [1.82, 2.24) is 0 Å². The van der Waals surface area contributed by atoms with Crippen molar-refractivity contribution >= 4 is 12.0 Å². The van der Waals surface area contributed by atoms with Crippen LogP contribution in [-0.4, -0.2) is 109 Å². The number of aliphatic hydroxyl groups excluding tert-OH is 4. The second-order valence-corrected chi connectivity index (χ2v) is 10.8. The van der Waals surface area contributed by atoms with Crippen LogP contribution in [0.1, 0.15) is 30.9 Å². The van der Waals surface area contributed by atoms with Gasteiger partial charge in [0.1, 0.15) is 24.4 Å². The lowest BCUT2D eigenvalue weighted by atomic mass is 9.81. The molecule has 43 heavy (non-hydrogen) atoms. The third-order valence-corrected chi connectivity index (χ3v) is 7.63. The van der Waals surface area contributed by atoms with E-state index in [1.807, 2.05) is 0 Å². The maximum Gasteiger partial charge on any atom is 0.331 e. The topological polar surface area (TPSA) is 216 Å². The molecular formula is C30H38O13. The number of phenolic OH excluding ortho intramolecular Hbond substituents is 4. The molecule has 0 bridgehead atoms. The molecule has 0 aromatic heterocycles. The van der Waals surface area contributed by atoms with E-state index in [0.717, 1.165) is 6.08 Å². The largest absolute Gasteiger partial charge is 0.504 e. The highest BCUT2D eigenvalue weighted by molar-refractivity contribution is 5.87. The molecule has 236 valence electrons. The summed E-state index contributed by atoms with van der Waals surface area (Å²) in [4.78, 5) is 12.8. The first kappa shape index (κ1) is 32.5. The minimum absolute atomic E-state index is 0.0157. The average molecular weight is 607 g/mol. The number of hydrogen-bond acceptors (Lipinski definition) is 13. The summed E-state index contributed by atoms with van der Waals surface area (Å²) in [7, 11) is 0. The van der Waals surface area contributed by atoms with E-state index in [4.69, 9.17) is 18.9 Å². The maximum absolute atomic E-state index is 12.8. The molecule has 9 atom stereocenters. The lowest BCUT2D eigenvalue weighted by Crippen LogP contribution is -2.59. The standard InChI is InChI=1S/C30H38O13/c1-15-10-23(36)28(39)24(41-15)13-18-27(38)30(40-9-8-17-3-6-20(33)22(35)12-17)42-25(14-31)29(18)43-26(37)7-4-16-2-5-19(32)21(34)11-16/h2-7,11-12,15,18,23-25,27-36,38-39H,8-10,13-14H2,1H3/t15-,18+,23+,24-,25+,27+,28+,29-,30+/m0/s1. The molecule has 2 aliphatic rings. The minimum Gasteiger partial charge on any atom is -0.504 e. The van der Waals surface area contributed by atoms with Gasteiger partial charge in [-0.3, -0.25) is 0 Å². The molecule has 0 saturated carbocycles. The molecule has 0 aliphatic carbocycles. The molecule has 13 heteroatoms. The first-order chi connectivity index (χ1) is 20.5. The van der Waals surface area contributed by atoms with Crippen molar-refractivity contribution < 1.29 is 64.6 Å². The normalized spacial score (nSPS) is 31.2. The van der Waals surface area contributed by atoms with Gasteiger partial charge in [-0.1, -0.05) is 12.1 Å². The lowest BCUT2D eigenvalue weighted by molar-refractivity contribution is -0.297. The summed E-state index contributed by atoms with van der Waals surface area (Å²) in [6, 6.07) is 8.23. The SMILES string of the molecule is C[C@H]1C[C@@H](O)[C@@H](O)[C@H](C[C@@H]2[C@@H](O)[C@H](OCCc3ccc(O)c(O)c3)O[C@H](CO)[C@H]2OC(=O)C=Cc2ccc(O)c(O)c2)O1. The van der Waals surface area contributed by atoms with Crippen molar-refractivity contribution in [2.45, 2.75) is 75.2 Å². The molecule has 2 heterocycles. The number of esters is 1. The van der Waals surface area contributed by atoms with E-state index in [1.54, 1.807) is 13.0 Å². The first-order valence-electron chi connectivity index (χ1n) is 14.0. The molecule has 4 rings (SSSR count). The van der Waals surface area contributed by atoms with Gasteiger partial charge in [0.25, 0.3) is 0 Å². The molecule has 2 saturated heterocycles. The van der Waals surface area contributed by atoms with E-state index in [1.165, 1.54) is 36.4 Å². The van der Waals surface area contributed by atoms with Gasteiger partial charge in [0.15, 0.2) is 29.3 Å². The lowest BCUT2D eigenvalue weighted by Gasteiger charge is -2.46. The zero-order valence-corrected chi connectivity index (χ0v) is 23.5. The van der Waals surface area contributed by atoms with Crippen LogP contribution < -0.4 is 0 Å². The Balaban J connectivity index is 1.51. The van der Waals surface area contributed by atoms with E-state index < -0.39 is 67.5 Å². The van der Waals surface area contributed by atoms with Gasteiger partial charge in [-0.15, -0.1) is 0 Å². The van der Waals surface area contributed by atoms with Crippen LogP contribution in [0.2, 0.25) is 0 Å². The van der Waals surface area contributed by atoms with Crippen LogP contribution in [0, 0.1) is 5.92 Å². The summed E-state index contributed by atoms with van der Waals surface area (Å²) in [5.74, 6) is -3.10. The fraction of sp³-hybridized carbons (Fsp3) is 0.500. The molecular weight excluding hydrogens is 568 g/mol. The second kappa shape index (κ2) is 14.4. The quantitative estimate of drug-likeness (QED) is 0.106. The molecule has 13 nitrogen and oxygen atoms in total. The van der Waals surface area contributed by atoms with Crippen LogP contribution in [0.3, 0.4) is 0 Å². The molecule has 2 aliphatic heterocycles. The number of phenols is 4. The first-order valence-corrected chi connectivity index (χ1v) is 14.0. The van der Waals surface area contributed by atoms with Crippen LogP contribution in [0.4, 0.5) is 0 Å². The van der Waals surface area contributed by atoms with Crippen LogP contribution in [-0.2, 0) is 30.2 Å². The van der Waals surface area contributed by atoms with Gasteiger partial charge in [-0.2, -0.15) is 0 Å². The number of rotatable bonds is 10. The zero-order chi connectivity index (χ0) is 31.3. The summed E-state index contributed by atoms with van der Waals surface area (Å²) in [5, 5.41) is 80.9. The van der Waals surface area contributed by atoms with E-state index in [0.29, 0.717) is 11.1 Å². The number of carbonyl (C=O) groups excluding carboxylic acids is 1. The third kappa shape index (κ3) is 8.15. The fourth-order valence-electron chi connectivity index (χ4n) is 5.35. The Hall–Kier alpha value is -3.43. The van der Waals surface area contributed by atoms with Crippen molar-refractivity contribution in [1.29, 1.82) is 0 Å². The molecule has 0 amide bonds. The van der Waals surface area contributed by atoms with Crippen molar-refractivity contribution in [2.24, 2.45) is 5.92 Å². The highest BCUT2D eigenvalue weighted by Crippen LogP contribution is 2.36. The van der Waals surface area contributed by atoms with Crippen molar-refractivity contribution in [3.63, 3.8) is 0 Å². The molecule has 2 fully saturated rings. The third-order valence-electron chi connectivity index (χ3n) is 7.63. The second-order valence-electron chi connectivity index (χ2n) is 10.8. The molecule has 8 N–H and O–H groups in total. The van der Waals surface area contributed by atoms with E-state index in [2.05, 4.69) is 0 Å². The summed E-state index contributed by atoms with van der Waals surface area (Å²) in [5.41, 5.74) is 1.03. The minimum atomic E-state index is -1.42. The van der Waals surface area contributed by atoms with Gasteiger partial charge in [0, 0.05) is 18.4 Å². The highest BCUT2D eigenvalue weighted by atomic mass is 16.7. The Labute approximate surface area is 247 Å². The summed E-state index contributed by atoms with van der Waals surface area (Å²) in [6.07, 6.45) is -5.93. The van der Waals surface area contributed by atoms with Gasteiger partial charge in [0.2, 0.25) is 0 Å². The summed E-state index contributed by atoms with van der Waals surface area (Å²) < 4.78 is 23.1. The summed E-state index contributed by atoms with van der Waals surface area (Å²) >= 11 is 0. The number of benzene rings is 2. The molecule has 0 unspecified atom stereocenters. The number of aromatic hydroxyl groups is 4. The Morgan fingerprint density at radius 1 is 0.930 bits per heavy atom. The molecule has 0 radical (unpaired) electrons. The van der Waals surface area contributed by atoms with Crippen LogP contribution in [0.5, 0.6) is 23.0 Å². The number of hydrogen-bond donors (Lipinski definition) is 8. The molecule has 0 spiro atoms. The number of ether oxygens (including phenoxy) is 4. The van der Waals surface area contributed by atoms with Gasteiger partial charge >= 0.3 is 5.97 Å². The number of carbonyl (C=O) groups is 1. The van der Waals surface area contributed by atoms with E-state index >= 15 is 0 Å². The van der Waals surface area contributed by atoms with Crippen molar-refractivity contribution in [3.05, 3.63) is 53.6 Å². The van der Waals surface area contributed by atoms with Gasteiger partial charge in [0.05, 0.1) is 31.5 Å². The highest BCUT2D eigenvalue weighted by Gasteiger charge is 2.50. The molecule has 2 aromatic rings. The Morgan fingerprint density at radius 2 is 1.63 bits per heavy atom. The monoisotopic (exact) mass is 606 g/mol. The predicted molar refractivity (Wildman–Crippen MR) is 149 cm³/mol. The van der Waals surface area contributed by atoms with E-state index in [9.17, 15) is 45.6 Å².